The molecule has 0 aliphatic carbocycles. The van der Waals surface area contributed by atoms with E-state index in [2.05, 4.69) is 26.2 Å². The number of carbonyl (C=O) groups is 2. The fraction of sp³-hybridized carbons (Fsp3) is 0.0833. The lowest BCUT2D eigenvalue weighted by Crippen LogP contribution is -2.23. The molecular weight excluding hydrogens is 362 g/mol. The number of rotatable bonds is 2. The Morgan fingerprint density at radius 2 is 2.24 bits per heavy atom. The largest absolute Gasteiger partial charge is 0.305 e. The molecule has 21 heavy (non-hydrogen) atoms. The van der Waals surface area contributed by atoms with E-state index in [1.807, 2.05) is 0 Å². The second-order valence-corrected chi connectivity index (χ2v) is 5.87. The van der Waals surface area contributed by atoms with Crippen LogP contribution in [0.1, 0.15) is 12.5 Å². The van der Waals surface area contributed by atoms with Gasteiger partial charge in [-0.2, -0.15) is 4.99 Å². The first-order valence-corrected chi connectivity index (χ1v) is 7.22. The lowest BCUT2D eigenvalue weighted by atomic mass is 10.2. The number of amidine groups is 1. The second-order valence-electron chi connectivity index (χ2n) is 3.98. The molecule has 2 rings (SSSR count). The van der Waals surface area contributed by atoms with Gasteiger partial charge in [0.1, 0.15) is 0 Å². The third kappa shape index (κ3) is 3.76. The van der Waals surface area contributed by atoms with Crippen molar-refractivity contribution in [2.75, 3.05) is 0 Å². The maximum absolute atomic E-state index is 11.7. The van der Waals surface area contributed by atoms with Crippen molar-refractivity contribution in [2.24, 2.45) is 4.99 Å². The smallest absolute Gasteiger partial charge is 0.286 e. The number of halogens is 1. The number of carbonyl (C=O) groups excluding carboxylic acids is 2. The number of hydrogen-bond donors (Lipinski definition) is 1. The van der Waals surface area contributed by atoms with Crippen molar-refractivity contribution in [1.29, 1.82) is 0 Å². The number of nitro benzene ring substituents is 1. The summed E-state index contributed by atoms with van der Waals surface area (Å²) in [5, 5.41) is 13.5. The molecule has 0 bridgehead atoms. The number of hydrogen-bond acceptors (Lipinski definition) is 5. The minimum Gasteiger partial charge on any atom is -0.305 e. The summed E-state index contributed by atoms with van der Waals surface area (Å²) in [5.74, 6) is -0.816. The lowest BCUT2D eigenvalue weighted by molar-refractivity contribution is -0.385. The normalized spacial score (nSPS) is 16.0. The van der Waals surface area contributed by atoms with E-state index in [1.165, 1.54) is 25.1 Å². The van der Waals surface area contributed by atoms with E-state index in [1.54, 1.807) is 6.07 Å². The molecule has 1 aromatic rings. The van der Waals surface area contributed by atoms with E-state index in [0.717, 1.165) is 11.8 Å². The van der Waals surface area contributed by atoms with E-state index in [-0.39, 0.29) is 21.7 Å². The van der Waals surface area contributed by atoms with Crippen molar-refractivity contribution in [1.82, 2.24) is 5.32 Å². The van der Waals surface area contributed by atoms with E-state index < -0.39 is 10.8 Å². The molecule has 0 aromatic heterocycles. The van der Waals surface area contributed by atoms with Crippen LogP contribution in [0.3, 0.4) is 0 Å². The van der Waals surface area contributed by atoms with Gasteiger partial charge in [-0.25, -0.2) is 0 Å². The molecule has 0 unspecified atom stereocenters. The molecule has 2 amide bonds. The van der Waals surface area contributed by atoms with Crippen molar-refractivity contribution in [2.45, 2.75) is 6.92 Å². The zero-order chi connectivity index (χ0) is 15.6. The van der Waals surface area contributed by atoms with Crippen LogP contribution < -0.4 is 5.32 Å². The van der Waals surface area contributed by atoms with Crippen LogP contribution in [0.15, 0.2) is 32.6 Å². The van der Waals surface area contributed by atoms with Crippen LogP contribution in [0.5, 0.6) is 0 Å². The molecular formula is C12H8BrN3O4S. The summed E-state index contributed by atoms with van der Waals surface area (Å²) in [4.78, 5) is 36.9. The maximum Gasteiger partial charge on any atom is 0.286 e. The summed E-state index contributed by atoms with van der Waals surface area (Å²) in [5.41, 5.74) is 0.405. The fourth-order valence-corrected chi connectivity index (χ4v) is 2.77. The minimum absolute atomic E-state index is 0.0946. The highest BCUT2D eigenvalue weighted by atomic mass is 79.9. The summed E-state index contributed by atoms with van der Waals surface area (Å²) >= 11 is 4.10. The van der Waals surface area contributed by atoms with Gasteiger partial charge in [-0.3, -0.25) is 19.7 Å². The third-order valence-electron chi connectivity index (χ3n) is 2.37. The minimum atomic E-state index is -0.519. The predicted octanol–water partition coefficient (Wildman–Crippen LogP) is 2.46. The van der Waals surface area contributed by atoms with Gasteiger partial charge in [-0.1, -0.05) is 6.07 Å². The molecule has 1 aliphatic rings. The molecule has 1 heterocycles. The number of benzene rings is 1. The zero-order valence-corrected chi connectivity index (χ0v) is 13.0. The Hall–Kier alpha value is -2.00. The Bertz CT molecular complexity index is 714. The van der Waals surface area contributed by atoms with Gasteiger partial charge in [0, 0.05) is 13.0 Å². The van der Waals surface area contributed by atoms with E-state index >= 15 is 0 Å². The van der Waals surface area contributed by atoms with Crippen LogP contribution >= 0.6 is 27.7 Å². The van der Waals surface area contributed by atoms with E-state index in [0.29, 0.717) is 10.0 Å². The number of nitrogens with zero attached hydrogens (tertiary/aromatic N) is 2. The van der Waals surface area contributed by atoms with Crippen LogP contribution in [0, 0.1) is 10.1 Å². The van der Waals surface area contributed by atoms with Crippen LogP contribution in [0.25, 0.3) is 6.08 Å². The first kappa shape index (κ1) is 15.4. The van der Waals surface area contributed by atoms with Crippen LogP contribution in [0.4, 0.5) is 5.69 Å². The summed E-state index contributed by atoms with van der Waals surface area (Å²) in [6.45, 7) is 1.31. The summed E-state index contributed by atoms with van der Waals surface area (Å²) in [6, 6.07) is 4.51. The summed E-state index contributed by atoms with van der Waals surface area (Å²) < 4.78 is 0.357. The van der Waals surface area contributed by atoms with Gasteiger partial charge in [-0.15, -0.1) is 0 Å². The molecule has 0 atom stereocenters. The first-order valence-electron chi connectivity index (χ1n) is 5.61. The van der Waals surface area contributed by atoms with E-state index in [9.17, 15) is 19.7 Å². The van der Waals surface area contributed by atoms with Gasteiger partial charge >= 0.3 is 0 Å². The van der Waals surface area contributed by atoms with Crippen LogP contribution in [0.2, 0.25) is 0 Å². The SMILES string of the molecule is CC(=O)NC1=NC(=O)/C(=C/c2ccc(Br)c([N+](=O)[O-])c2)S1. The van der Waals surface area contributed by atoms with Gasteiger partial charge in [0.15, 0.2) is 5.17 Å². The maximum atomic E-state index is 11.7. The van der Waals surface area contributed by atoms with Crippen molar-refractivity contribution in [3.05, 3.63) is 43.3 Å². The highest BCUT2D eigenvalue weighted by Gasteiger charge is 2.23. The summed E-state index contributed by atoms with van der Waals surface area (Å²) in [7, 11) is 0. The predicted molar refractivity (Wildman–Crippen MR) is 82.6 cm³/mol. The number of aliphatic imine (C=N–C) groups is 1. The number of nitro groups is 1. The molecule has 1 aliphatic heterocycles. The van der Waals surface area contributed by atoms with E-state index in [4.69, 9.17) is 0 Å². The van der Waals surface area contributed by atoms with Gasteiger partial charge in [-0.05, 0) is 45.4 Å². The van der Waals surface area contributed by atoms with Crippen molar-refractivity contribution < 1.29 is 14.5 Å². The standard InChI is InChI=1S/C12H8BrN3O4S/c1-6(17)14-12-15-11(18)10(21-12)5-7-2-3-8(13)9(4-7)16(19)20/h2-5H,1H3,(H,14,15,17,18)/b10-5-. The van der Waals surface area contributed by atoms with Crippen molar-refractivity contribution >= 4 is 56.4 Å². The third-order valence-corrected chi connectivity index (χ3v) is 3.94. The zero-order valence-electron chi connectivity index (χ0n) is 10.6. The lowest BCUT2D eigenvalue weighted by Gasteiger charge is -2.00. The monoisotopic (exact) mass is 369 g/mol. The summed E-state index contributed by atoms with van der Waals surface area (Å²) in [6.07, 6.45) is 1.49. The van der Waals surface area contributed by atoms with Crippen LogP contribution in [-0.4, -0.2) is 21.9 Å². The molecule has 0 saturated carbocycles. The number of amides is 2. The Balaban J connectivity index is 2.26. The molecule has 0 fully saturated rings. The van der Waals surface area contributed by atoms with Gasteiger partial charge in [0.05, 0.1) is 14.3 Å². The highest BCUT2D eigenvalue weighted by molar-refractivity contribution is 9.10. The number of thioether (sulfide) groups is 1. The van der Waals surface area contributed by atoms with Crippen molar-refractivity contribution in [3.8, 4) is 0 Å². The Labute approximate surface area is 131 Å². The molecule has 9 heteroatoms. The molecule has 0 saturated heterocycles. The highest BCUT2D eigenvalue weighted by Crippen LogP contribution is 2.30. The Morgan fingerprint density at radius 3 is 2.86 bits per heavy atom. The molecule has 0 spiro atoms. The number of nitrogens with one attached hydrogen (secondary N) is 1. The molecule has 1 N–H and O–H groups in total. The first-order chi connectivity index (χ1) is 9.86. The van der Waals surface area contributed by atoms with Crippen molar-refractivity contribution in [3.63, 3.8) is 0 Å². The van der Waals surface area contributed by atoms with Gasteiger partial charge in [0.25, 0.3) is 11.6 Å². The molecule has 108 valence electrons. The fourth-order valence-electron chi connectivity index (χ4n) is 1.52. The second kappa shape index (κ2) is 6.19. The van der Waals surface area contributed by atoms with Gasteiger partial charge in [0.2, 0.25) is 5.91 Å². The molecule has 0 radical (unpaired) electrons. The quantitative estimate of drug-likeness (QED) is 0.490. The Kier molecular flexibility index (Phi) is 4.53. The molecule has 1 aromatic carbocycles. The average Bonchev–Trinajstić information content (AvgIpc) is 2.70. The average molecular weight is 370 g/mol. The topological polar surface area (TPSA) is 102 Å². The van der Waals surface area contributed by atoms with Crippen LogP contribution in [-0.2, 0) is 9.59 Å². The van der Waals surface area contributed by atoms with Gasteiger partial charge < -0.3 is 5.32 Å². The Morgan fingerprint density at radius 1 is 1.52 bits per heavy atom. The molecule has 7 nitrogen and oxygen atoms in total.